The molecule has 0 bridgehead atoms. The molecule has 120 valence electrons. The van der Waals surface area contributed by atoms with Crippen LogP contribution < -0.4 is 10.5 Å². The van der Waals surface area contributed by atoms with E-state index in [1.165, 1.54) is 0 Å². The van der Waals surface area contributed by atoms with Crippen LogP contribution in [-0.4, -0.2) is 23.6 Å². The Bertz CT molecular complexity index is 864. The topological polar surface area (TPSA) is 113 Å². The van der Waals surface area contributed by atoms with Crippen molar-refractivity contribution in [3.8, 4) is 17.9 Å². The van der Waals surface area contributed by atoms with Crippen molar-refractivity contribution in [1.29, 1.82) is 10.5 Å². The summed E-state index contributed by atoms with van der Waals surface area (Å²) in [5, 5.41) is 18.7. The number of carbonyl (C=O) groups is 1. The van der Waals surface area contributed by atoms with Crippen LogP contribution >= 0.6 is 11.8 Å². The molecule has 0 aliphatic heterocycles. The van der Waals surface area contributed by atoms with Gasteiger partial charge in [0.2, 0.25) is 0 Å². The van der Waals surface area contributed by atoms with E-state index in [2.05, 4.69) is 4.98 Å². The lowest BCUT2D eigenvalue weighted by Gasteiger charge is -2.09. The largest absolute Gasteiger partial charge is 0.497 e. The Morgan fingerprint density at radius 3 is 2.42 bits per heavy atom. The third kappa shape index (κ3) is 3.48. The highest BCUT2D eigenvalue weighted by Crippen LogP contribution is 2.28. The van der Waals surface area contributed by atoms with Crippen LogP contribution in [0, 0.1) is 29.6 Å². The number of nitriles is 2. The van der Waals surface area contributed by atoms with Gasteiger partial charge in [-0.2, -0.15) is 10.5 Å². The monoisotopic (exact) mass is 338 g/mol. The van der Waals surface area contributed by atoms with Crippen molar-refractivity contribution in [2.24, 2.45) is 0 Å². The highest BCUT2D eigenvalue weighted by Gasteiger charge is 2.17. The van der Waals surface area contributed by atoms with Gasteiger partial charge in [-0.25, -0.2) is 4.98 Å². The van der Waals surface area contributed by atoms with Gasteiger partial charge in [0.1, 0.15) is 28.7 Å². The normalized spacial score (nSPS) is 9.83. The third-order valence-electron chi connectivity index (χ3n) is 3.42. The van der Waals surface area contributed by atoms with Gasteiger partial charge in [-0.15, -0.1) is 0 Å². The standard InChI is InChI=1S/C17H14N4O2S/c1-10-13(7-18)16(20)21-17(14(10)8-19)24-9-15(22)11-3-5-12(23-2)6-4-11/h3-6H,9H2,1-2H3,(H2,20,21). The number of nitrogens with two attached hydrogens (primary N) is 1. The molecular formula is C17H14N4O2S. The Morgan fingerprint density at radius 2 is 1.88 bits per heavy atom. The zero-order valence-electron chi connectivity index (χ0n) is 13.2. The smallest absolute Gasteiger partial charge is 0.173 e. The number of hydrogen-bond donors (Lipinski definition) is 1. The molecule has 2 aromatic rings. The lowest BCUT2D eigenvalue weighted by Crippen LogP contribution is -2.06. The first-order valence-corrected chi connectivity index (χ1v) is 7.90. The fourth-order valence-corrected chi connectivity index (χ4v) is 3.01. The molecule has 6 nitrogen and oxygen atoms in total. The van der Waals surface area contributed by atoms with E-state index in [0.29, 0.717) is 21.9 Å². The maximum atomic E-state index is 12.3. The predicted molar refractivity (Wildman–Crippen MR) is 90.9 cm³/mol. The average molecular weight is 338 g/mol. The average Bonchev–Trinajstić information content (AvgIpc) is 2.60. The summed E-state index contributed by atoms with van der Waals surface area (Å²) in [6.45, 7) is 1.64. The molecule has 0 unspecified atom stereocenters. The quantitative estimate of drug-likeness (QED) is 0.658. The van der Waals surface area contributed by atoms with E-state index in [1.54, 1.807) is 38.3 Å². The maximum Gasteiger partial charge on any atom is 0.173 e. The molecule has 0 fully saturated rings. The number of aromatic nitrogens is 1. The van der Waals surface area contributed by atoms with Gasteiger partial charge < -0.3 is 10.5 Å². The fraction of sp³-hybridized carbons (Fsp3) is 0.176. The molecule has 0 spiro atoms. The van der Waals surface area contributed by atoms with E-state index in [1.807, 2.05) is 12.1 Å². The molecule has 0 saturated carbocycles. The first-order chi connectivity index (χ1) is 11.5. The number of pyridine rings is 1. The van der Waals surface area contributed by atoms with Crippen LogP contribution in [0.1, 0.15) is 27.0 Å². The molecule has 1 heterocycles. The lowest BCUT2D eigenvalue weighted by molar-refractivity contribution is 0.102. The van der Waals surface area contributed by atoms with Crippen molar-refractivity contribution >= 4 is 23.4 Å². The SMILES string of the molecule is COc1ccc(C(=O)CSc2nc(N)c(C#N)c(C)c2C#N)cc1. The van der Waals surface area contributed by atoms with E-state index < -0.39 is 0 Å². The van der Waals surface area contributed by atoms with Crippen molar-refractivity contribution < 1.29 is 9.53 Å². The van der Waals surface area contributed by atoms with E-state index in [4.69, 9.17) is 15.7 Å². The molecule has 24 heavy (non-hydrogen) atoms. The number of thioether (sulfide) groups is 1. The summed E-state index contributed by atoms with van der Waals surface area (Å²) in [5.74, 6) is 0.740. The van der Waals surface area contributed by atoms with Gasteiger partial charge in [-0.1, -0.05) is 11.8 Å². The number of carbonyl (C=O) groups excluding carboxylic acids is 1. The summed E-state index contributed by atoms with van der Waals surface area (Å²) >= 11 is 1.13. The molecule has 2 N–H and O–H groups in total. The molecular weight excluding hydrogens is 324 g/mol. The number of Topliss-reactive ketones (excluding diaryl/α,β-unsaturated/α-hetero) is 1. The van der Waals surface area contributed by atoms with Crippen molar-refractivity contribution in [3.63, 3.8) is 0 Å². The van der Waals surface area contributed by atoms with Crippen LogP contribution in [0.3, 0.4) is 0 Å². The molecule has 1 aromatic heterocycles. The summed E-state index contributed by atoms with van der Waals surface area (Å²) in [6.07, 6.45) is 0. The Hall–Kier alpha value is -3.03. The number of anilines is 1. The van der Waals surface area contributed by atoms with Gasteiger partial charge in [-0.05, 0) is 36.8 Å². The van der Waals surface area contributed by atoms with Gasteiger partial charge in [-0.3, -0.25) is 4.79 Å². The Kier molecular flexibility index (Phi) is 5.41. The molecule has 0 radical (unpaired) electrons. The van der Waals surface area contributed by atoms with Gasteiger partial charge in [0, 0.05) is 5.56 Å². The number of ether oxygens (including phenoxy) is 1. The number of rotatable bonds is 5. The zero-order valence-corrected chi connectivity index (χ0v) is 14.0. The van der Waals surface area contributed by atoms with Gasteiger partial charge in [0.25, 0.3) is 0 Å². The van der Waals surface area contributed by atoms with Crippen molar-refractivity contribution in [1.82, 2.24) is 4.98 Å². The summed E-state index contributed by atoms with van der Waals surface area (Å²) < 4.78 is 5.05. The van der Waals surface area contributed by atoms with E-state index >= 15 is 0 Å². The second kappa shape index (κ2) is 7.49. The fourth-order valence-electron chi connectivity index (χ4n) is 2.07. The number of methoxy groups -OCH3 is 1. The van der Waals surface area contributed by atoms with Crippen molar-refractivity contribution in [2.75, 3.05) is 18.6 Å². The van der Waals surface area contributed by atoms with Crippen LogP contribution in [0.4, 0.5) is 5.82 Å². The first-order valence-electron chi connectivity index (χ1n) is 6.92. The molecule has 0 amide bonds. The third-order valence-corrected chi connectivity index (χ3v) is 4.39. The van der Waals surface area contributed by atoms with Gasteiger partial charge in [0.05, 0.1) is 24.0 Å². The number of nitrogens with zero attached hydrogens (tertiary/aromatic N) is 3. The Labute approximate surface area is 143 Å². The Morgan fingerprint density at radius 1 is 1.25 bits per heavy atom. The van der Waals surface area contributed by atoms with Crippen LogP contribution in [-0.2, 0) is 0 Å². The number of nitrogen functional groups attached to an aromatic ring is 1. The minimum atomic E-state index is -0.103. The molecule has 1 aromatic carbocycles. The highest BCUT2D eigenvalue weighted by atomic mass is 32.2. The van der Waals surface area contributed by atoms with Crippen LogP contribution in [0.15, 0.2) is 29.3 Å². The first kappa shape index (κ1) is 17.3. The van der Waals surface area contributed by atoms with Crippen molar-refractivity contribution in [2.45, 2.75) is 11.9 Å². The predicted octanol–water partition coefficient (Wildman–Crippen LogP) is 2.70. The van der Waals surface area contributed by atoms with Gasteiger partial charge >= 0.3 is 0 Å². The lowest BCUT2D eigenvalue weighted by atomic mass is 10.1. The number of benzene rings is 1. The molecule has 0 aliphatic carbocycles. The summed E-state index contributed by atoms with van der Waals surface area (Å²) in [7, 11) is 1.55. The molecule has 0 aliphatic rings. The highest BCUT2D eigenvalue weighted by molar-refractivity contribution is 8.00. The van der Waals surface area contributed by atoms with Crippen LogP contribution in [0.2, 0.25) is 0 Å². The summed E-state index contributed by atoms with van der Waals surface area (Å²) in [6, 6.07) is 10.7. The van der Waals surface area contributed by atoms with Crippen LogP contribution in [0.25, 0.3) is 0 Å². The molecule has 0 saturated heterocycles. The summed E-state index contributed by atoms with van der Waals surface area (Å²) in [4.78, 5) is 16.3. The van der Waals surface area contributed by atoms with Gasteiger partial charge in [0.15, 0.2) is 5.78 Å². The number of ketones is 1. The summed E-state index contributed by atoms with van der Waals surface area (Å²) in [5.41, 5.74) is 7.23. The van der Waals surface area contributed by atoms with Crippen molar-refractivity contribution in [3.05, 3.63) is 46.5 Å². The second-order valence-corrected chi connectivity index (χ2v) is 5.81. The number of hydrogen-bond acceptors (Lipinski definition) is 7. The minimum absolute atomic E-state index is 0.0633. The van der Waals surface area contributed by atoms with E-state index in [0.717, 1.165) is 11.8 Å². The molecule has 2 rings (SSSR count). The maximum absolute atomic E-state index is 12.3. The Balaban J connectivity index is 2.21. The minimum Gasteiger partial charge on any atom is -0.497 e. The van der Waals surface area contributed by atoms with Crippen LogP contribution in [0.5, 0.6) is 5.75 Å². The molecule has 7 heteroatoms. The second-order valence-electron chi connectivity index (χ2n) is 4.84. The zero-order chi connectivity index (χ0) is 17.7. The molecule has 0 atom stereocenters. The van der Waals surface area contributed by atoms with E-state index in [-0.39, 0.29) is 28.5 Å². The van der Waals surface area contributed by atoms with E-state index in [9.17, 15) is 10.1 Å².